The van der Waals surface area contributed by atoms with E-state index in [0.717, 1.165) is 27.0 Å². The van der Waals surface area contributed by atoms with E-state index in [2.05, 4.69) is 21.2 Å². The second-order valence-corrected chi connectivity index (χ2v) is 6.55. The molecule has 0 aliphatic carbocycles. The highest BCUT2D eigenvalue weighted by Gasteiger charge is 2.36. The molecule has 1 heterocycles. The lowest BCUT2D eigenvalue weighted by atomic mass is 10.1. The first kappa shape index (κ1) is 15.7. The number of carbonyl (C=O) groups excluding carboxylic acids is 2. The Morgan fingerprint density at radius 1 is 1.22 bits per heavy atom. The van der Waals surface area contributed by atoms with Crippen LogP contribution in [0.5, 0.6) is 0 Å². The normalized spacial score (nSPS) is 16.1. The minimum atomic E-state index is -0.506. The van der Waals surface area contributed by atoms with Gasteiger partial charge in [-0.3, -0.25) is 14.5 Å². The summed E-state index contributed by atoms with van der Waals surface area (Å²) >= 11 is 3.44. The molecule has 0 radical (unpaired) electrons. The van der Waals surface area contributed by atoms with E-state index in [9.17, 15) is 9.59 Å². The number of para-hydroxylation sites is 1. The molecule has 0 saturated carbocycles. The van der Waals surface area contributed by atoms with Crippen LogP contribution in [0.4, 0.5) is 11.4 Å². The molecular formula is C18H17BrN2O2. The van der Waals surface area contributed by atoms with Crippen LogP contribution in [0.1, 0.15) is 18.1 Å². The summed E-state index contributed by atoms with van der Waals surface area (Å²) in [4.78, 5) is 26.3. The lowest BCUT2D eigenvalue weighted by molar-refractivity contribution is -0.122. The van der Waals surface area contributed by atoms with Gasteiger partial charge < -0.3 is 5.32 Å². The molecule has 1 N–H and O–H groups in total. The molecule has 0 aromatic heterocycles. The van der Waals surface area contributed by atoms with Crippen LogP contribution < -0.4 is 10.2 Å². The van der Waals surface area contributed by atoms with Crippen molar-refractivity contribution in [2.24, 2.45) is 0 Å². The molecular weight excluding hydrogens is 356 g/mol. The maximum atomic E-state index is 12.7. The maximum Gasteiger partial charge on any atom is 0.247 e. The molecule has 1 aliphatic rings. The Kier molecular flexibility index (Phi) is 4.22. The van der Waals surface area contributed by atoms with Crippen molar-refractivity contribution in [2.45, 2.75) is 26.3 Å². The third-order valence-electron chi connectivity index (χ3n) is 4.04. The number of amides is 2. The Labute approximate surface area is 143 Å². The summed E-state index contributed by atoms with van der Waals surface area (Å²) in [7, 11) is 0. The fraction of sp³-hybridized carbons (Fsp3) is 0.222. The van der Waals surface area contributed by atoms with Crippen LogP contribution in [0.25, 0.3) is 0 Å². The van der Waals surface area contributed by atoms with Crippen molar-refractivity contribution < 1.29 is 9.59 Å². The van der Waals surface area contributed by atoms with Crippen LogP contribution in [-0.2, 0) is 16.0 Å². The van der Waals surface area contributed by atoms with E-state index in [1.165, 1.54) is 6.92 Å². The molecule has 2 amide bonds. The number of hydrogen-bond acceptors (Lipinski definition) is 2. The molecule has 4 nitrogen and oxygen atoms in total. The standard InChI is InChI=1S/C18H17BrN2O2/c1-11-9-14(7-8-15(11)19)20-18(23)17-10-13-5-3-4-6-16(13)21(17)12(2)22/h3-9,17H,10H2,1-2H3,(H,20,23)/t17-/m0/s1. The van der Waals surface area contributed by atoms with Gasteiger partial charge in [0, 0.05) is 29.2 Å². The highest BCUT2D eigenvalue weighted by Crippen LogP contribution is 2.32. The molecule has 5 heteroatoms. The number of halogens is 1. The second-order valence-electron chi connectivity index (χ2n) is 5.69. The van der Waals surface area contributed by atoms with E-state index < -0.39 is 6.04 Å². The van der Waals surface area contributed by atoms with Gasteiger partial charge in [-0.25, -0.2) is 0 Å². The zero-order valence-corrected chi connectivity index (χ0v) is 14.6. The van der Waals surface area contributed by atoms with Crippen LogP contribution in [0.3, 0.4) is 0 Å². The van der Waals surface area contributed by atoms with Gasteiger partial charge in [-0.2, -0.15) is 0 Å². The average Bonchev–Trinajstić information content (AvgIpc) is 2.90. The van der Waals surface area contributed by atoms with Gasteiger partial charge in [-0.1, -0.05) is 34.1 Å². The molecule has 23 heavy (non-hydrogen) atoms. The van der Waals surface area contributed by atoms with Crippen molar-refractivity contribution in [2.75, 3.05) is 10.2 Å². The second kappa shape index (κ2) is 6.16. The molecule has 2 aromatic rings. The summed E-state index contributed by atoms with van der Waals surface area (Å²) in [6.45, 7) is 3.46. The fourth-order valence-corrected chi connectivity index (χ4v) is 3.18. The van der Waals surface area contributed by atoms with E-state index in [1.54, 1.807) is 4.90 Å². The van der Waals surface area contributed by atoms with E-state index in [-0.39, 0.29) is 11.8 Å². The molecule has 2 aromatic carbocycles. The molecule has 0 fully saturated rings. The van der Waals surface area contributed by atoms with Crippen LogP contribution in [-0.4, -0.2) is 17.9 Å². The van der Waals surface area contributed by atoms with Crippen molar-refractivity contribution in [3.63, 3.8) is 0 Å². The van der Waals surface area contributed by atoms with E-state index in [0.29, 0.717) is 6.42 Å². The molecule has 0 spiro atoms. The molecule has 118 valence electrons. The SMILES string of the molecule is CC(=O)N1c2ccccc2C[C@H]1C(=O)Nc1ccc(Br)c(C)c1. The van der Waals surface area contributed by atoms with Crippen molar-refractivity contribution in [1.29, 1.82) is 0 Å². The Balaban J connectivity index is 1.85. The lowest BCUT2D eigenvalue weighted by Crippen LogP contribution is -2.44. The largest absolute Gasteiger partial charge is 0.324 e. The van der Waals surface area contributed by atoms with Gasteiger partial charge in [-0.05, 0) is 42.3 Å². The van der Waals surface area contributed by atoms with Crippen molar-refractivity contribution >= 4 is 39.1 Å². The number of hydrogen-bond donors (Lipinski definition) is 1. The van der Waals surface area contributed by atoms with E-state index in [1.807, 2.05) is 49.4 Å². The zero-order chi connectivity index (χ0) is 16.6. The summed E-state index contributed by atoms with van der Waals surface area (Å²) in [5.74, 6) is -0.291. The van der Waals surface area contributed by atoms with Gasteiger partial charge in [0.25, 0.3) is 0 Å². The van der Waals surface area contributed by atoms with Gasteiger partial charge in [-0.15, -0.1) is 0 Å². The van der Waals surface area contributed by atoms with Gasteiger partial charge in [0.15, 0.2) is 0 Å². The van der Waals surface area contributed by atoms with Crippen molar-refractivity contribution in [3.05, 3.63) is 58.1 Å². The monoisotopic (exact) mass is 372 g/mol. The van der Waals surface area contributed by atoms with Crippen LogP contribution >= 0.6 is 15.9 Å². The first-order valence-corrected chi connectivity index (χ1v) is 8.21. The number of anilines is 2. The predicted octanol–water partition coefficient (Wildman–Crippen LogP) is 3.67. The predicted molar refractivity (Wildman–Crippen MR) is 94.6 cm³/mol. The lowest BCUT2D eigenvalue weighted by Gasteiger charge is -2.23. The molecule has 0 saturated heterocycles. The Bertz CT molecular complexity index is 788. The molecule has 0 bridgehead atoms. The van der Waals surface area contributed by atoms with Gasteiger partial charge >= 0.3 is 0 Å². The summed E-state index contributed by atoms with van der Waals surface area (Å²) in [5, 5.41) is 2.92. The van der Waals surface area contributed by atoms with E-state index in [4.69, 9.17) is 0 Å². The number of nitrogens with one attached hydrogen (secondary N) is 1. The average molecular weight is 373 g/mol. The summed E-state index contributed by atoms with van der Waals surface area (Å²) in [6, 6.07) is 12.8. The minimum absolute atomic E-state index is 0.123. The summed E-state index contributed by atoms with van der Waals surface area (Å²) in [6.07, 6.45) is 0.539. The number of benzene rings is 2. The van der Waals surface area contributed by atoms with Crippen molar-refractivity contribution in [1.82, 2.24) is 0 Å². The third kappa shape index (κ3) is 3.01. The minimum Gasteiger partial charge on any atom is -0.324 e. The Morgan fingerprint density at radius 2 is 1.96 bits per heavy atom. The highest BCUT2D eigenvalue weighted by atomic mass is 79.9. The summed E-state index contributed by atoms with van der Waals surface area (Å²) in [5.41, 5.74) is 3.62. The number of carbonyl (C=O) groups is 2. The van der Waals surface area contributed by atoms with Gasteiger partial charge in [0.2, 0.25) is 11.8 Å². The number of nitrogens with zero attached hydrogens (tertiary/aromatic N) is 1. The molecule has 1 atom stereocenters. The van der Waals surface area contributed by atoms with Gasteiger partial charge in [0.1, 0.15) is 6.04 Å². The molecule has 0 unspecified atom stereocenters. The number of rotatable bonds is 2. The fourth-order valence-electron chi connectivity index (χ4n) is 2.93. The van der Waals surface area contributed by atoms with Crippen LogP contribution in [0, 0.1) is 6.92 Å². The molecule has 3 rings (SSSR count). The first-order chi connectivity index (χ1) is 11.0. The zero-order valence-electron chi connectivity index (χ0n) is 13.0. The first-order valence-electron chi connectivity index (χ1n) is 7.42. The van der Waals surface area contributed by atoms with Gasteiger partial charge in [0.05, 0.1) is 0 Å². The maximum absolute atomic E-state index is 12.7. The number of aryl methyl sites for hydroxylation is 1. The smallest absolute Gasteiger partial charge is 0.247 e. The Hall–Kier alpha value is -2.14. The molecule has 1 aliphatic heterocycles. The van der Waals surface area contributed by atoms with Crippen molar-refractivity contribution in [3.8, 4) is 0 Å². The third-order valence-corrected chi connectivity index (χ3v) is 4.93. The quantitative estimate of drug-likeness (QED) is 0.873. The topological polar surface area (TPSA) is 49.4 Å². The Morgan fingerprint density at radius 3 is 2.65 bits per heavy atom. The highest BCUT2D eigenvalue weighted by molar-refractivity contribution is 9.10. The van der Waals surface area contributed by atoms with Crippen LogP contribution in [0.2, 0.25) is 0 Å². The van der Waals surface area contributed by atoms with Crippen LogP contribution in [0.15, 0.2) is 46.9 Å². The van der Waals surface area contributed by atoms with E-state index >= 15 is 0 Å². The number of fused-ring (bicyclic) bond motifs is 1. The summed E-state index contributed by atoms with van der Waals surface area (Å²) < 4.78 is 0.995.